The van der Waals surface area contributed by atoms with E-state index in [1.807, 2.05) is 73.7 Å². The highest BCUT2D eigenvalue weighted by atomic mass is 35.5. The van der Waals surface area contributed by atoms with Crippen LogP contribution >= 0.6 is 11.6 Å². The van der Waals surface area contributed by atoms with Gasteiger partial charge in [0, 0.05) is 26.9 Å². The van der Waals surface area contributed by atoms with Crippen LogP contribution in [0.15, 0.2) is 78.9 Å². The van der Waals surface area contributed by atoms with Gasteiger partial charge in [0.25, 0.3) is 0 Å². The van der Waals surface area contributed by atoms with Crippen molar-refractivity contribution in [2.24, 2.45) is 0 Å². The van der Waals surface area contributed by atoms with Gasteiger partial charge in [-0.2, -0.15) is 0 Å². The molecule has 0 unspecified atom stereocenters. The first-order valence-electron chi connectivity index (χ1n) is 11.4. The standard InChI is InChI=1S/C29H24ClNO4/c1-18-17-20(30)14-15-21(18)23-10-5-11-24-25(28(31-27(23)24)35-29(32)33)12-6-16-34-26-13-4-8-19-7-2-3-9-22(19)26/h2-5,7-11,13-15,17,31H,6,12,16H2,1H3,(H,32,33). The van der Waals surface area contributed by atoms with Gasteiger partial charge in [0.2, 0.25) is 5.88 Å². The normalized spacial score (nSPS) is 11.1. The molecule has 0 radical (unpaired) electrons. The zero-order valence-corrected chi connectivity index (χ0v) is 19.9. The summed E-state index contributed by atoms with van der Waals surface area (Å²) in [7, 11) is 0. The summed E-state index contributed by atoms with van der Waals surface area (Å²) in [6.45, 7) is 2.49. The van der Waals surface area contributed by atoms with Crippen molar-refractivity contribution in [2.75, 3.05) is 6.61 Å². The van der Waals surface area contributed by atoms with E-state index in [0.29, 0.717) is 24.5 Å². The predicted octanol–water partition coefficient (Wildman–Crippen LogP) is 8.02. The van der Waals surface area contributed by atoms with Crippen LogP contribution in [0.25, 0.3) is 32.8 Å². The third-order valence-corrected chi connectivity index (χ3v) is 6.38. The second kappa shape index (κ2) is 9.72. The largest absolute Gasteiger partial charge is 0.512 e. The first-order valence-corrected chi connectivity index (χ1v) is 11.8. The average Bonchev–Trinajstić information content (AvgIpc) is 3.18. The minimum absolute atomic E-state index is 0.247. The van der Waals surface area contributed by atoms with Crippen molar-refractivity contribution >= 4 is 39.4 Å². The molecule has 5 aromatic rings. The second-order valence-corrected chi connectivity index (χ2v) is 8.85. The Morgan fingerprint density at radius 3 is 2.54 bits per heavy atom. The Morgan fingerprint density at radius 2 is 1.71 bits per heavy atom. The van der Waals surface area contributed by atoms with E-state index in [9.17, 15) is 9.90 Å². The van der Waals surface area contributed by atoms with Gasteiger partial charge in [0.05, 0.1) is 12.1 Å². The number of carbonyl (C=O) groups is 1. The molecule has 0 saturated carbocycles. The number of aryl methyl sites for hydroxylation is 2. The Balaban J connectivity index is 1.43. The maximum Gasteiger partial charge on any atom is 0.512 e. The van der Waals surface area contributed by atoms with Crippen molar-refractivity contribution in [1.29, 1.82) is 0 Å². The quantitative estimate of drug-likeness (QED) is 0.181. The monoisotopic (exact) mass is 485 g/mol. The number of H-pyrrole nitrogens is 1. The molecule has 0 bridgehead atoms. The average molecular weight is 486 g/mol. The number of aromatic amines is 1. The Kier molecular flexibility index (Phi) is 6.34. The molecule has 6 heteroatoms. The third-order valence-electron chi connectivity index (χ3n) is 6.15. The lowest BCUT2D eigenvalue weighted by atomic mass is 9.97. The van der Waals surface area contributed by atoms with E-state index in [2.05, 4.69) is 17.1 Å². The van der Waals surface area contributed by atoms with Gasteiger partial charge in [-0.1, -0.05) is 72.3 Å². The number of fused-ring (bicyclic) bond motifs is 2. The maximum atomic E-state index is 11.4. The predicted molar refractivity (Wildman–Crippen MR) is 140 cm³/mol. The first-order chi connectivity index (χ1) is 17.0. The molecule has 4 aromatic carbocycles. The molecule has 35 heavy (non-hydrogen) atoms. The van der Waals surface area contributed by atoms with Crippen molar-refractivity contribution < 1.29 is 19.4 Å². The lowest BCUT2D eigenvalue weighted by Crippen LogP contribution is -2.06. The molecule has 1 aromatic heterocycles. The minimum Gasteiger partial charge on any atom is -0.493 e. The zero-order valence-electron chi connectivity index (χ0n) is 19.2. The van der Waals surface area contributed by atoms with Crippen molar-refractivity contribution in [2.45, 2.75) is 19.8 Å². The summed E-state index contributed by atoms with van der Waals surface area (Å²) in [6, 6.07) is 25.8. The number of hydrogen-bond acceptors (Lipinski definition) is 3. The van der Waals surface area contributed by atoms with E-state index in [4.69, 9.17) is 21.1 Å². The molecule has 5 nitrogen and oxygen atoms in total. The molecular weight excluding hydrogens is 462 g/mol. The van der Waals surface area contributed by atoms with Crippen LogP contribution < -0.4 is 9.47 Å². The SMILES string of the molecule is Cc1cc(Cl)ccc1-c1cccc2c(CCCOc3cccc4ccccc34)c(OC(=O)O)[nH]c12. The number of hydrogen-bond donors (Lipinski definition) is 2. The Bertz CT molecular complexity index is 1530. The van der Waals surface area contributed by atoms with Crippen molar-refractivity contribution in [3.8, 4) is 22.8 Å². The highest BCUT2D eigenvalue weighted by Crippen LogP contribution is 2.37. The maximum absolute atomic E-state index is 11.4. The molecule has 176 valence electrons. The van der Waals surface area contributed by atoms with Crippen molar-refractivity contribution in [1.82, 2.24) is 4.98 Å². The molecule has 0 amide bonds. The second-order valence-electron chi connectivity index (χ2n) is 8.42. The van der Waals surface area contributed by atoms with Crippen LogP contribution in [0.4, 0.5) is 4.79 Å². The van der Waals surface area contributed by atoms with Gasteiger partial charge in [0.15, 0.2) is 0 Å². The third kappa shape index (κ3) is 4.68. The number of carboxylic acid groups (broad SMARTS) is 1. The first kappa shape index (κ1) is 22.8. The van der Waals surface area contributed by atoms with Crippen molar-refractivity contribution in [3.05, 3.63) is 95.0 Å². The fraction of sp³-hybridized carbons (Fsp3) is 0.138. The molecule has 0 spiro atoms. The summed E-state index contributed by atoms with van der Waals surface area (Å²) in [4.78, 5) is 14.6. The number of ether oxygens (including phenoxy) is 2. The zero-order chi connectivity index (χ0) is 24.4. The van der Waals surface area contributed by atoms with Gasteiger partial charge < -0.3 is 19.6 Å². The van der Waals surface area contributed by atoms with Gasteiger partial charge in [-0.05, 0) is 54.5 Å². The van der Waals surface area contributed by atoms with Gasteiger partial charge in [-0.15, -0.1) is 0 Å². The Labute approximate surface area is 207 Å². The van der Waals surface area contributed by atoms with Gasteiger partial charge in [0.1, 0.15) is 5.75 Å². The van der Waals surface area contributed by atoms with Gasteiger partial charge in [-0.25, -0.2) is 4.79 Å². The van der Waals surface area contributed by atoms with Crippen LogP contribution in [0.5, 0.6) is 11.6 Å². The number of aromatic nitrogens is 1. The molecule has 5 rings (SSSR count). The highest BCUT2D eigenvalue weighted by Gasteiger charge is 2.18. The summed E-state index contributed by atoms with van der Waals surface area (Å²) in [5.74, 6) is 1.08. The summed E-state index contributed by atoms with van der Waals surface area (Å²) >= 11 is 6.15. The lowest BCUT2D eigenvalue weighted by molar-refractivity contribution is 0.142. The number of para-hydroxylation sites is 1. The van der Waals surface area contributed by atoms with E-state index in [-0.39, 0.29) is 5.88 Å². The van der Waals surface area contributed by atoms with Crippen LogP contribution in [0, 0.1) is 6.92 Å². The molecule has 0 aliphatic heterocycles. The van der Waals surface area contributed by atoms with Crippen LogP contribution in [0.3, 0.4) is 0 Å². The van der Waals surface area contributed by atoms with E-state index in [1.165, 1.54) is 0 Å². The van der Waals surface area contributed by atoms with Crippen LogP contribution in [-0.4, -0.2) is 22.9 Å². The fourth-order valence-corrected chi connectivity index (χ4v) is 4.81. The van der Waals surface area contributed by atoms with E-state index in [0.717, 1.165) is 49.7 Å². The molecule has 0 fully saturated rings. The number of rotatable bonds is 7. The summed E-state index contributed by atoms with van der Waals surface area (Å²) in [6.07, 6.45) is -0.0682. The smallest absolute Gasteiger partial charge is 0.493 e. The van der Waals surface area contributed by atoms with Gasteiger partial charge >= 0.3 is 6.16 Å². The van der Waals surface area contributed by atoms with E-state index >= 15 is 0 Å². The fourth-order valence-electron chi connectivity index (χ4n) is 4.58. The molecular formula is C29H24ClNO4. The molecule has 2 N–H and O–H groups in total. The lowest BCUT2D eigenvalue weighted by Gasteiger charge is -2.10. The number of halogens is 1. The molecule has 1 heterocycles. The summed E-state index contributed by atoms with van der Waals surface area (Å²) in [5, 5.41) is 13.1. The van der Waals surface area contributed by atoms with Gasteiger partial charge in [-0.3, -0.25) is 0 Å². The van der Waals surface area contributed by atoms with E-state index in [1.54, 1.807) is 0 Å². The minimum atomic E-state index is -1.35. The molecule has 0 aliphatic carbocycles. The number of benzene rings is 4. The van der Waals surface area contributed by atoms with E-state index < -0.39 is 6.16 Å². The Morgan fingerprint density at radius 1 is 0.943 bits per heavy atom. The molecule has 0 aliphatic rings. The summed E-state index contributed by atoms with van der Waals surface area (Å²) < 4.78 is 11.2. The highest BCUT2D eigenvalue weighted by molar-refractivity contribution is 6.30. The Hall–Kier alpha value is -3.96. The van der Waals surface area contributed by atoms with Crippen LogP contribution in [-0.2, 0) is 6.42 Å². The topological polar surface area (TPSA) is 71.6 Å². The molecule has 0 saturated heterocycles. The molecule has 0 atom stereocenters. The summed E-state index contributed by atoms with van der Waals surface area (Å²) in [5.41, 5.74) is 4.67. The van der Waals surface area contributed by atoms with Crippen LogP contribution in [0.2, 0.25) is 5.02 Å². The van der Waals surface area contributed by atoms with Crippen molar-refractivity contribution in [3.63, 3.8) is 0 Å². The number of nitrogens with one attached hydrogen (secondary N) is 1. The van der Waals surface area contributed by atoms with Crippen LogP contribution in [0.1, 0.15) is 17.5 Å².